The topological polar surface area (TPSA) is 332 Å². The third-order valence-electron chi connectivity index (χ3n) is 7.91. The van der Waals surface area contributed by atoms with Gasteiger partial charge in [0.2, 0.25) is 35.4 Å². The van der Waals surface area contributed by atoms with Gasteiger partial charge in [0.05, 0.1) is 11.0 Å². The highest BCUT2D eigenvalue weighted by molar-refractivity contribution is 5.99. The average Bonchev–Trinajstić information content (AvgIpc) is 3.14. The first-order valence-corrected chi connectivity index (χ1v) is 17.8. The minimum atomic E-state index is -5.08. The maximum absolute atomic E-state index is 13.8. The summed E-state index contributed by atoms with van der Waals surface area (Å²) in [6.07, 6.45) is -5.97. The van der Waals surface area contributed by atoms with Crippen LogP contribution in [0.15, 0.2) is 54.6 Å². The van der Waals surface area contributed by atoms with Gasteiger partial charge in [-0.25, -0.2) is 4.79 Å². The quantitative estimate of drug-likeness (QED) is 0.0623. The fourth-order valence-corrected chi connectivity index (χ4v) is 4.85. The molecule has 59 heavy (non-hydrogen) atoms. The van der Waals surface area contributed by atoms with Crippen LogP contribution in [0.4, 0.5) is 24.5 Å². The normalized spacial score (nSPS) is 13.4. The number of hydrogen-bond acceptors (Lipinski definition) is 11. The first-order chi connectivity index (χ1) is 27.4. The Morgan fingerprint density at radius 1 is 0.729 bits per heavy atom. The van der Waals surface area contributed by atoms with Gasteiger partial charge in [0.15, 0.2) is 0 Å². The minimum absolute atomic E-state index is 0.0338. The molecule has 0 aliphatic rings. The molecule has 2 rings (SSSR count). The Bertz CT molecular complexity index is 1800. The van der Waals surface area contributed by atoms with E-state index in [2.05, 4.69) is 26.6 Å². The van der Waals surface area contributed by atoms with Crippen molar-refractivity contribution in [3.8, 4) is 0 Å². The Morgan fingerprint density at radius 3 is 1.75 bits per heavy atom. The number of non-ortho nitro benzene ring substituents is 1. The van der Waals surface area contributed by atoms with Crippen LogP contribution in [0.2, 0.25) is 0 Å². The van der Waals surface area contributed by atoms with E-state index in [1.54, 1.807) is 44.2 Å². The zero-order valence-corrected chi connectivity index (χ0v) is 32.1. The van der Waals surface area contributed by atoms with Crippen LogP contribution < -0.4 is 38.1 Å². The molecule has 6 amide bonds. The number of aliphatic carboxylic acids is 2. The molecule has 0 fully saturated rings. The van der Waals surface area contributed by atoms with Crippen molar-refractivity contribution in [2.24, 2.45) is 17.4 Å². The number of nitrogens with one attached hydrogen (secondary N) is 5. The number of carbonyl (C=O) groups is 8. The Hall–Kier alpha value is -6.65. The highest BCUT2D eigenvalue weighted by atomic mass is 19.4. The molecule has 2 aromatic carbocycles. The van der Waals surface area contributed by atoms with E-state index in [9.17, 15) is 56.8 Å². The van der Waals surface area contributed by atoms with Crippen molar-refractivity contribution in [3.63, 3.8) is 0 Å². The smallest absolute Gasteiger partial charge is 0.481 e. The van der Waals surface area contributed by atoms with Crippen LogP contribution in [0.1, 0.15) is 58.4 Å². The summed E-state index contributed by atoms with van der Waals surface area (Å²) in [5.41, 5.74) is 11.7. The third kappa shape index (κ3) is 19.9. The van der Waals surface area contributed by atoms with Crippen molar-refractivity contribution in [3.05, 3.63) is 70.3 Å². The molecule has 20 nitrogen and oxygen atoms in total. The number of alkyl halides is 3. The number of carboxylic acid groups (broad SMARTS) is 2. The summed E-state index contributed by atoms with van der Waals surface area (Å²) in [5, 5.41) is 39.7. The second-order valence-corrected chi connectivity index (χ2v) is 13.4. The summed E-state index contributed by atoms with van der Waals surface area (Å²) in [6.45, 7) is 4.97. The molecule has 324 valence electrons. The fraction of sp³-hybridized carbons (Fsp3) is 0.444. The number of rotatable bonds is 21. The maximum atomic E-state index is 13.8. The molecule has 0 aliphatic carbocycles. The lowest BCUT2D eigenvalue weighted by Crippen LogP contribution is -2.58. The van der Waals surface area contributed by atoms with Gasteiger partial charge in [-0.05, 0) is 49.8 Å². The monoisotopic (exact) mass is 840 g/mol. The first kappa shape index (κ1) is 50.4. The molecule has 23 heteroatoms. The molecule has 0 aromatic heterocycles. The van der Waals surface area contributed by atoms with Crippen molar-refractivity contribution >= 4 is 58.8 Å². The number of nitro groups is 1. The minimum Gasteiger partial charge on any atom is -0.481 e. The number of halogens is 3. The average molecular weight is 841 g/mol. The van der Waals surface area contributed by atoms with E-state index in [0.29, 0.717) is 5.56 Å². The lowest BCUT2D eigenvalue weighted by molar-refractivity contribution is -0.384. The standard InChI is InChI=1S/C34H46N8O10.C2HF3O2/c1-19(2)17-26(40-30(46)20(3)37-31(47)24(35)13-16-29(44)45)33(49)41-27(18-21-7-5-4-6-8-21)34(50)39-25(14-15-28(36)43)32(48)38-22-9-11-23(12-10-22)42(51)52;3-2(4,5)1(6)7/h4-12,19-20,24-27H,13-18,35H2,1-3H3,(H2,36,43)(H,37,47)(H,38,48)(H,39,50)(H,40,46)(H,41,49)(H,44,45);(H,6,7)/t20-,24-,25-,26-,27-;/m0./s1. The third-order valence-corrected chi connectivity index (χ3v) is 7.91. The van der Waals surface area contributed by atoms with Gasteiger partial charge in [0.25, 0.3) is 5.69 Å². The van der Waals surface area contributed by atoms with E-state index in [1.165, 1.54) is 31.2 Å². The van der Waals surface area contributed by atoms with Crippen LogP contribution in [0.5, 0.6) is 0 Å². The Morgan fingerprint density at radius 2 is 1.25 bits per heavy atom. The summed E-state index contributed by atoms with van der Waals surface area (Å²) in [7, 11) is 0. The predicted octanol–water partition coefficient (Wildman–Crippen LogP) is 0.872. The summed E-state index contributed by atoms with van der Waals surface area (Å²) >= 11 is 0. The molecule has 0 saturated heterocycles. The summed E-state index contributed by atoms with van der Waals surface area (Å²) in [6, 6.07) is 7.49. The lowest BCUT2D eigenvalue weighted by Gasteiger charge is -2.27. The number of nitrogens with two attached hydrogens (primary N) is 2. The van der Waals surface area contributed by atoms with Gasteiger partial charge in [-0.3, -0.25) is 43.7 Å². The van der Waals surface area contributed by atoms with Crippen LogP contribution >= 0.6 is 0 Å². The van der Waals surface area contributed by atoms with Crippen LogP contribution in [-0.2, 0) is 44.8 Å². The van der Waals surface area contributed by atoms with Crippen molar-refractivity contribution in [2.75, 3.05) is 5.32 Å². The van der Waals surface area contributed by atoms with E-state index in [4.69, 9.17) is 26.5 Å². The summed E-state index contributed by atoms with van der Waals surface area (Å²) in [4.78, 5) is 108. The van der Waals surface area contributed by atoms with E-state index < -0.39 is 88.7 Å². The number of amides is 6. The Kier molecular flexibility index (Phi) is 20.7. The van der Waals surface area contributed by atoms with E-state index >= 15 is 0 Å². The molecule has 0 bridgehead atoms. The van der Waals surface area contributed by atoms with Gasteiger partial charge in [-0.15, -0.1) is 0 Å². The lowest BCUT2D eigenvalue weighted by atomic mass is 10.00. The molecule has 0 aliphatic heterocycles. The number of primary amides is 1. The molecular weight excluding hydrogens is 793 g/mol. The van der Waals surface area contributed by atoms with E-state index in [-0.39, 0.29) is 55.8 Å². The summed E-state index contributed by atoms with van der Waals surface area (Å²) in [5.74, 6) is -8.53. The van der Waals surface area contributed by atoms with Crippen molar-refractivity contribution in [1.82, 2.24) is 21.3 Å². The Labute approximate surface area is 335 Å². The number of carboxylic acids is 2. The molecule has 11 N–H and O–H groups in total. The van der Waals surface area contributed by atoms with Gasteiger partial charge in [-0.1, -0.05) is 44.2 Å². The number of hydrogen-bond donors (Lipinski definition) is 9. The molecule has 0 spiro atoms. The number of anilines is 1. The Balaban J connectivity index is 0.00000227. The van der Waals surface area contributed by atoms with Crippen LogP contribution in [0.25, 0.3) is 0 Å². The number of nitro benzene ring substituents is 1. The molecule has 0 heterocycles. The highest BCUT2D eigenvalue weighted by Gasteiger charge is 2.38. The van der Waals surface area contributed by atoms with Gasteiger partial charge in [0, 0.05) is 37.1 Å². The fourth-order valence-electron chi connectivity index (χ4n) is 4.85. The SMILES string of the molecule is CC(C)C[C@H](NC(=O)[C@H](C)NC(=O)[C@@H](N)CCC(=O)O)C(=O)N[C@@H](Cc1ccccc1)C(=O)N[C@@H](CCC(N)=O)C(=O)Nc1ccc([N+](=O)[O-])cc1.O=C(O)C(F)(F)F. The molecular formula is C36H47F3N8O12. The molecule has 5 atom stereocenters. The van der Waals surface area contributed by atoms with E-state index in [0.717, 1.165) is 0 Å². The molecule has 0 radical (unpaired) electrons. The zero-order valence-electron chi connectivity index (χ0n) is 32.1. The predicted molar refractivity (Wildman–Crippen MR) is 202 cm³/mol. The second kappa shape index (κ2) is 24.2. The van der Waals surface area contributed by atoms with Crippen LogP contribution in [-0.4, -0.2) is 98.9 Å². The van der Waals surface area contributed by atoms with Crippen molar-refractivity contribution in [2.45, 2.75) is 95.7 Å². The van der Waals surface area contributed by atoms with Crippen molar-refractivity contribution in [1.29, 1.82) is 0 Å². The molecule has 2 aromatic rings. The largest absolute Gasteiger partial charge is 0.490 e. The van der Waals surface area contributed by atoms with Gasteiger partial charge >= 0.3 is 18.1 Å². The summed E-state index contributed by atoms with van der Waals surface area (Å²) < 4.78 is 31.7. The zero-order chi connectivity index (χ0) is 45.0. The molecule has 0 saturated carbocycles. The van der Waals surface area contributed by atoms with Crippen LogP contribution in [0.3, 0.4) is 0 Å². The number of nitrogens with zero attached hydrogens (tertiary/aromatic N) is 1. The highest BCUT2D eigenvalue weighted by Crippen LogP contribution is 2.17. The van der Waals surface area contributed by atoms with Gasteiger partial charge in [-0.2, -0.15) is 13.2 Å². The maximum Gasteiger partial charge on any atom is 0.490 e. The second-order valence-electron chi connectivity index (χ2n) is 13.4. The first-order valence-electron chi connectivity index (χ1n) is 17.8. The number of carbonyl (C=O) groups excluding carboxylic acids is 6. The van der Waals surface area contributed by atoms with Crippen LogP contribution in [0, 0.1) is 16.0 Å². The van der Waals surface area contributed by atoms with Gasteiger partial charge in [0.1, 0.15) is 24.2 Å². The molecule has 0 unspecified atom stereocenters. The van der Waals surface area contributed by atoms with Crippen molar-refractivity contribution < 1.29 is 66.7 Å². The number of benzene rings is 2. The van der Waals surface area contributed by atoms with E-state index in [1.807, 2.05) is 0 Å². The van der Waals surface area contributed by atoms with Gasteiger partial charge < -0.3 is 48.3 Å².